The maximum absolute atomic E-state index is 11.3. The number of phenolic OH excluding ortho intramolecular Hbond substituents is 1. The summed E-state index contributed by atoms with van der Waals surface area (Å²) in [6.45, 7) is 0.917. The summed E-state index contributed by atoms with van der Waals surface area (Å²) in [5.74, 6) is 1.34. The Morgan fingerprint density at radius 2 is 2.00 bits per heavy atom. The molecule has 1 amide bonds. The van der Waals surface area contributed by atoms with Crippen molar-refractivity contribution in [1.29, 1.82) is 0 Å². The Kier molecular flexibility index (Phi) is 5.76. The van der Waals surface area contributed by atoms with Crippen molar-refractivity contribution < 1.29 is 9.90 Å². The number of benzene rings is 1. The molecule has 2 bridgehead atoms. The van der Waals surface area contributed by atoms with E-state index < -0.39 is 0 Å². The quantitative estimate of drug-likeness (QED) is 0.563. The molecule has 1 aromatic heterocycles. The largest absolute Gasteiger partial charge is 0.507 e. The van der Waals surface area contributed by atoms with E-state index >= 15 is 0 Å². The average Bonchev–Trinajstić information content (AvgIpc) is 3.09. The van der Waals surface area contributed by atoms with Crippen molar-refractivity contribution in [3.8, 4) is 17.0 Å². The molecule has 2 aromatic rings. The van der Waals surface area contributed by atoms with Gasteiger partial charge in [0.2, 0.25) is 5.91 Å². The summed E-state index contributed by atoms with van der Waals surface area (Å²) in [6.07, 6.45) is 8.13. The van der Waals surface area contributed by atoms with Gasteiger partial charge in [0.15, 0.2) is 0 Å². The highest BCUT2D eigenvalue weighted by atomic mass is 16.3. The Hall–Kier alpha value is -2.93. The fourth-order valence-electron chi connectivity index (χ4n) is 4.29. The summed E-state index contributed by atoms with van der Waals surface area (Å²) in [7, 11) is 1.57. The second-order valence-electron chi connectivity index (χ2n) is 7.88. The molecule has 152 valence electrons. The van der Waals surface area contributed by atoms with Crippen LogP contribution in [0.2, 0.25) is 0 Å². The van der Waals surface area contributed by atoms with Crippen LogP contribution in [0.5, 0.6) is 5.75 Å². The summed E-state index contributed by atoms with van der Waals surface area (Å²) in [5.41, 5.74) is 1.95. The van der Waals surface area contributed by atoms with E-state index in [1.165, 1.54) is 31.8 Å². The second kappa shape index (κ2) is 8.61. The molecular formula is C22H27N5O2. The molecule has 7 nitrogen and oxygen atoms in total. The van der Waals surface area contributed by atoms with Crippen molar-refractivity contribution >= 4 is 17.8 Å². The number of fused-ring (bicyclic) bond motifs is 2. The number of likely N-dealkylation sites (N-methyl/N-ethyl adjacent to an activating group) is 1. The monoisotopic (exact) mass is 393 g/mol. The van der Waals surface area contributed by atoms with Crippen LogP contribution < -0.4 is 16.0 Å². The number of nitrogens with zero attached hydrogens (tertiary/aromatic N) is 2. The molecule has 2 atom stereocenters. The molecule has 7 heteroatoms. The van der Waals surface area contributed by atoms with Gasteiger partial charge in [0.1, 0.15) is 11.6 Å². The number of amides is 1. The van der Waals surface area contributed by atoms with Gasteiger partial charge in [-0.05, 0) is 67.5 Å². The van der Waals surface area contributed by atoms with E-state index in [9.17, 15) is 9.90 Å². The minimum absolute atomic E-state index is 0.101. The number of phenols is 1. The van der Waals surface area contributed by atoms with Crippen molar-refractivity contribution in [2.75, 3.05) is 18.9 Å². The first-order valence-electron chi connectivity index (χ1n) is 10.2. The molecule has 1 aromatic carbocycles. The lowest BCUT2D eigenvalue weighted by Gasteiger charge is -2.29. The highest BCUT2D eigenvalue weighted by molar-refractivity contribution is 5.91. The van der Waals surface area contributed by atoms with Gasteiger partial charge in [-0.15, -0.1) is 10.2 Å². The predicted molar refractivity (Wildman–Crippen MR) is 113 cm³/mol. The van der Waals surface area contributed by atoms with Gasteiger partial charge >= 0.3 is 0 Å². The van der Waals surface area contributed by atoms with Gasteiger partial charge in [-0.1, -0.05) is 6.07 Å². The number of aromatic nitrogens is 2. The molecule has 0 radical (unpaired) electrons. The number of rotatable bonds is 6. The minimum Gasteiger partial charge on any atom is -0.507 e. The van der Waals surface area contributed by atoms with E-state index in [4.69, 9.17) is 0 Å². The van der Waals surface area contributed by atoms with Crippen molar-refractivity contribution in [3.63, 3.8) is 0 Å². The summed E-state index contributed by atoms with van der Waals surface area (Å²) < 4.78 is 0. The summed E-state index contributed by atoms with van der Waals surface area (Å²) in [6, 6.07) is 10.3. The number of hydrogen-bond donors (Lipinski definition) is 4. The standard InChI is InChI=1S/C22H27N5O2/c1-23-22(29)9-3-14-2-6-18(20(28)12-14)19-7-8-21(27-26-19)24-13-15-10-16-4-5-17(11-15)25-16/h2-3,6-9,12,15-17,25,28H,4-5,10-11,13H2,1H3,(H,23,29)(H,24,27)/b9-3+. The van der Waals surface area contributed by atoms with Crippen LogP contribution in [0.25, 0.3) is 17.3 Å². The van der Waals surface area contributed by atoms with Gasteiger partial charge in [-0.25, -0.2) is 0 Å². The van der Waals surface area contributed by atoms with Crippen LogP contribution in [0.4, 0.5) is 5.82 Å². The normalized spacial score (nSPS) is 23.3. The Bertz CT molecular complexity index is 885. The summed E-state index contributed by atoms with van der Waals surface area (Å²) >= 11 is 0. The third-order valence-corrected chi connectivity index (χ3v) is 5.78. The maximum atomic E-state index is 11.3. The van der Waals surface area contributed by atoms with E-state index in [1.54, 1.807) is 25.3 Å². The predicted octanol–water partition coefficient (Wildman–Crippen LogP) is 2.55. The Morgan fingerprint density at radius 1 is 1.21 bits per heavy atom. The fraction of sp³-hybridized carbons (Fsp3) is 0.409. The van der Waals surface area contributed by atoms with Crippen LogP contribution in [0, 0.1) is 5.92 Å². The number of nitrogens with one attached hydrogen (secondary N) is 3. The van der Waals surface area contributed by atoms with Gasteiger partial charge in [0.05, 0.1) is 5.69 Å². The van der Waals surface area contributed by atoms with Gasteiger partial charge in [0.25, 0.3) is 0 Å². The molecule has 2 saturated heterocycles. The smallest absolute Gasteiger partial charge is 0.243 e. The van der Waals surface area contributed by atoms with Gasteiger partial charge < -0.3 is 21.1 Å². The Morgan fingerprint density at radius 3 is 2.66 bits per heavy atom. The van der Waals surface area contributed by atoms with Crippen molar-refractivity contribution in [2.24, 2.45) is 5.92 Å². The summed E-state index contributed by atoms with van der Waals surface area (Å²) in [4.78, 5) is 11.3. The number of hydrogen-bond acceptors (Lipinski definition) is 6. The van der Waals surface area contributed by atoms with Crippen molar-refractivity contribution in [2.45, 2.75) is 37.8 Å². The van der Waals surface area contributed by atoms with Crippen LogP contribution in [0.15, 0.2) is 36.4 Å². The van der Waals surface area contributed by atoms with Crippen LogP contribution in [0.3, 0.4) is 0 Å². The highest BCUT2D eigenvalue weighted by Crippen LogP contribution is 2.31. The summed E-state index contributed by atoms with van der Waals surface area (Å²) in [5, 5.41) is 28.5. The zero-order valence-electron chi connectivity index (χ0n) is 16.6. The highest BCUT2D eigenvalue weighted by Gasteiger charge is 2.33. The lowest BCUT2D eigenvalue weighted by molar-refractivity contribution is -0.115. The molecule has 3 heterocycles. The van der Waals surface area contributed by atoms with Crippen LogP contribution in [-0.4, -0.2) is 46.9 Å². The molecule has 2 fully saturated rings. The molecule has 29 heavy (non-hydrogen) atoms. The van der Waals surface area contributed by atoms with Crippen molar-refractivity contribution in [3.05, 3.63) is 42.0 Å². The zero-order valence-corrected chi connectivity index (χ0v) is 16.6. The third-order valence-electron chi connectivity index (χ3n) is 5.78. The third kappa shape index (κ3) is 4.74. The van der Waals surface area contributed by atoms with Crippen LogP contribution >= 0.6 is 0 Å². The molecule has 4 rings (SSSR count). The van der Waals surface area contributed by atoms with E-state index in [1.807, 2.05) is 18.2 Å². The lowest BCUT2D eigenvalue weighted by atomic mass is 9.92. The molecule has 4 N–H and O–H groups in total. The van der Waals surface area contributed by atoms with Gasteiger partial charge in [0, 0.05) is 37.3 Å². The molecule has 0 aliphatic carbocycles. The SMILES string of the molecule is CNC(=O)/C=C/c1ccc(-c2ccc(NCC3CC4CCC(C3)N4)nn2)c(O)c1. The zero-order chi connectivity index (χ0) is 20.2. The van der Waals surface area contributed by atoms with Gasteiger partial charge in [-0.2, -0.15) is 0 Å². The van der Waals surface area contributed by atoms with E-state index in [0.29, 0.717) is 29.3 Å². The molecule has 0 saturated carbocycles. The number of aromatic hydroxyl groups is 1. The number of anilines is 1. The van der Waals surface area contributed by atoms with Crippen LogP contribution in [-0.2, 0) is 4.79 Å². The minimum atomic E-state index is -0.195. The lowest BCUT2D eigenvalue weighted by Crippen LogP contribution is -2.40. The molecule has 2 aliphatic rings. The van der Waals surface area contributed by atoms with Gasteiger partial charge in [-0.3, -0.25) is 4.79 Å². The van der Waals surface area contributed by atoms with Crippen LogP contribution in [0.1, 0.15) is 31.2 Å². The molecule has 2 unspecified atom stereocenters. The average molecular weight is 393 g/mol. The number of piperidine rings is 1. The molecular weight excluding hydrogens is 366 g/mol. The fourth-order valence-corrected chi connectivity index (χ4v) is 4.29. The Balaban J connectivity index is 1.37. The van der Waals surface area contributed by atoms with E-state index in [-0.39, 0.29) is 11.7 Å². The topological polar surface area (TPSA) is 99.2 Å². The number of carbonyl (C=O) groups is 1. The molecule has 2 aliphatic heterocycles. The second-order valence-corrected chi connectivity index (χ2v) is 7.88. The first-order chi connectivity index (χ1) is 14.1. The van der Waals surface area contributed by atoms with Crippen molar-refractivity contribution in [1.82, 2.24) is 20.8 Å². The first-order valence-corrected chi connectivity index (χ1v) is 10.2. The van der Waals surface area contributed by atoms with E-state index in [0.717, 1.165) is 17.9 Å². The van der Waals surface area contributed by atoms with E-state index in [2.05, 4.69) is 26.1 Å². The Labute approximate surface area is 170 Å². The maximum Gasteiger partial charge on any atom is 0.243 e. The molecule has 0 spiro atoms. The number of carbonyl (C=O) groups excluding carboxylic acids is 1. The first kappa shape index (κ1) is 19.4.